The van der Waals surface area contributed by atoms with E-state index in [0.717, 1.165) is 18.9 Å². The first kappa shape index (κ1) is 21.2. The lowest BCUT2D eigenvalue weighted by atomic mass is 9.92. The Bertz CT molecular complexity index is 838. The molecule has 0 bridgehead atoms. The summed E-state index contributed by atoms with van der Waals surface area (Å²) in [6.45, 7) is 3.72. The Morgan fingerprint density at radius 2 is 2.07 bits per heavy atom. The van der Waals surface area contributed by atoms with Gasteiger partial charge in [0.1, 0.15) is 17.9 Å². The van der Waals surface area contributed by atoms with Gasteiger partial charge in [0.05, 0.1) is 18.4 Å². The van der Waals surface area contributed by atoms with Crippen molar-refractivity contribution in [2.75, 3.05) is 5.32 Å². The number of benzene rings is 1. The zero-order chi connectivity index (χ0) is 21.0. The van der Waals surface area contributed by atoms with Crippen molar-refractivity contribution >= 4 is 11.6 Å². The molecular weight excluding hydrogens is 386 g/mol. The number of carbonyl (C=O) groups excluding carboxylic acids is 1. The van der Waals surface area contributed by atoms with Gasteiger partial charge in [-0.3, -0.25) is 4.79 Å². The number of anilines is 1. The second kappa shape index (κ2) is 9.32. The van der Waals surface area contributed by atoms with E-state index in [4.69, 9.17) is 19.1 Å². The van der Waals surface area contributed by atoms with Crippen LogP contribution in [0.15, 0.2) is 28.9 Å². The van der Waals surface area contributed by atoms with Crippen LogP contribution in [0, 0.1) is 18.6 Å². The number of hydrogen-bond donors (Lipinski definition) is 2. The lowest BCUT2D eigenvalue weighted by Gasteiger charge is -2.31. The molecule has 1 amide bonds. The van der Waals surface area contributed by atoms with Crippen molar-refractivity contribution < 1.29 is 32.7 Å². The maximum Gasteiger partial charge on any atom is 0.253 e. The highest BCUT2D eigenvalue weighted by Gasteiger charge is 2.30. The number of aliphatic hydroxyl groups is 1. The van der Waals surface area contributed by atoms with Crippen LogP contribution in [-0.4, -0.2) is 40.6 Å². The van der Waals surface area contributed by atoms with Crippen molar-refractivity contribution in [1.82, 2.24) is 5.16 Å². The third-order valence-electron chi connectivity index (χ3n) is 4.81. The molecule has 0 spiro atoms. The molecule has 7 nitrogen and oxygen atoms in total. The highest BCUT2D eigenvalue weighted by molar-refractivity contribution is 5.94. The van der Waals surface area contributed by atoms with E-state index < -0.39 is 11.6 Å². The van der Waals surface area contributed by atoms with Crippen LogP contribution >= 0.6 is 0 Å². The fourth-order valence-corrected chi connectivity index (χ4v) is 3.02. The first-order chi connectivity index (χ1) is 13.8. The number of aromatic nitrogens is 1. The third-order valence-corrected chi connectivity index (χ3v) is 4.81. The minimum Gasteiger partial charge on any atom is -0.487 e. The zero-order valence-electron chi connectivity index (χ0n) is 16.2. The van der Waals surface area contributed by atoms with Gasteiger partial charge in [0, 0.05) is 12.8 Å². The molecule has 4 rings (SSSR count). The Labute approximate surface area is 167 Å². The molecular formula is C20H24F2N2O5. The number of aryl methyl sites for hydroxylation is 1. The van der Waals surface area contributed by atoms with Crippen LogP contribution in [0.1, 0.15) is 38.4 Å². The molecule has 9 heteroatoms. The first-order valence-corrected chi connectivity index (χ1v) is 9.49. The average Bonchev–Trinajstić information content (AvgIpc) is 3.27. The Morgan fingerprint density at radius 1 is 1.31 bits per heavy atom. The number of halogens is 2. The largest absolute Gasteiger partial charge is 0.487 e. The molecule has 2 atom stereocenters. The predicted octanol–water partition coefficient (Wildman–Crippen LogP) is 3.36. The van der Waals surface area contributed by atoms with E-state index in [1.807, 2.05) is 6.92 Å². The molecule has 158 valence electrons. The van der Waals surface area contributed by atoms with E-state index in [1.54, 1.807) is 6.92 Å². The Hall–Kier alpha value is -2.52. The van der Waals surface area contributed by atoms with Crippen molar-refractivity contribution in [3.8, 4) is 5.75 Å². The zero-order valence-corrected chi connectivity index (χ0v) is 16.2. The van der Waals surface area contributed by atoms with Crippen molar-refractivity contribution in [3.05, 3.63) is 41.8 Å². The number of amides is 1. The van der Waals surface area contributed by atoms with E-state index in [0.29, 0.717) is 24.3 Å². The van der Waals surface area contributed by atoms with Gasteiger partial charge in [0.25, 0.3) is 5.91 Å². The summed E-state index contributed by atoms with van der Waals surface area (Å²) in [5.74, 6) is -1.47. The lowest BCUT2D eigenvalue weighted by molar-refractivity contribution is -0.126. The minimum atomic E-state index is -0.964. The van der Waals surface area contributed by atoms with Crippen LogP contribution in [0.2, 0.25) is 0 Å². The summed E-state index contributed by atoms with van der Waals surface area (Å²) in [5, 5.41) is 15.3. The second-order valence-electron chi connectivity index (χ2n) is 7.21. The van der Waals surface area contributed by atoms with Crippen LogP contribution in [-0.2, 0) is 9.53 Å². The maximum absolute atomic E-state index is 13.1. The number of ether oxygens (including phenoxy) is 2. The highest BCUT2D eigenvalue weighted by atomic mass is 19.2. The number of aliphatic hydroxyl groups excluding tert-OH is 1. The molecule has 1 saturated heterocycles. The average molecular weight is 410 g/mol. The SMILES string of the molecule is Cc1oncc1NC(=O)C1CCC(C)O1.OC1CC(Oc2cccc(F)c2F)C1. The molecule has 1 saturated carbocycles. The van der Waals surface area contributed by atoms with E-state index >= 15 is 0 Å². The number of nitrogens with zero attached hydrogens (tertiary/aromatic N) is 1. The number of carbonyl (C=O) groups is 1. The van der Waals surface area contributed by atoms with Gasteiger partial charge in [-0.15, -0.1) is 0 Å². The van der Waals surface area contributed by atoms with E-state index in [9.17, 15) is 13.6 Å². The normalized spacial score (nSPS) is 25.6. The smallest absolute Gasteiger partial charge is 0.253 e. The summed E-state index contributed by atoms with van der Waals surface area (Å²) in [7, 11) is 0. The first-order valence-electron chi connectivity index (χ1n) is 9.49. The summed E-state index contributed by atoms with van der Waals surface area (Å²) >= 11 is 0. The summed E-state index contributed by atoms with van der Waals surface area (Å²) in [6, 6.07) is 3.81. The predicted molar refractivity (Wildman–Crippen MR) is 99.5 cm³/mol. The van der Waals surface area contributed by atoms with Gasteiger partial charge in [-0.25, -0.2) is 4.39 Å². The fourth-order valence-electron chi connectivity index (χ4n) is 3.02. The van der Waals surface area contributed by atoms with Gasteiger partial charge in [0.2, 0.25) is 5.82 Å². The summed E-state index contributed by atoms with van der Waals surface area (Å²) in [4.78, 5) is 11.7. The fraction of sp³-hybridized carbons (Fsp3) is 0.500. The molecule has 1 aromatic heterocycles. The van der Waals surface area contributed by atoms with Crippen LogP contribution < -0.4 is 10.1 Å². The van der Waals surface area contributed by atoms with Gasteiger partial charge >= 0.3 is 0 Å². The molecule has 0 radical (unpaired) electrons. The summed E-state index contributed by atoms with van der Waals surface area (Å²) in [5.41, 5.74) is 0.614. The van der Waals surface area contributed by atoms with Gasteiger partial charge in [0.15, 0.2) is 17.3 Å². The molecule has 1 aromatic carbocycles. The molecule has 1 aliphatic carbocycles. The molecule has 29 heavy (non-hydrogen) atoms. The molecule has 2 N–H and O–H groups in total. The molecule has 2 heterocycles. The Kier molecular flexibility index (Phi) is 6.81. The standard InChI is InChI=1S/C10H10F2O2.C10H14N2O3/c11-8-2-1-3-9(10(8)12)14-7-4-6(13)5-7;1-6-3-4-9(14-6)10(13)12-8-5-11-15-7(8)2/h1-3,6-7,13H,4-5H2;5-6,9H,3-4H2,1-2H3,(H,12,13). The number of rotatable bonds is 4. The topological polar surface area (TPSA) is 93.8 Å². The molecule has 2 fully saturated rings. The highest BCUT2D eigenvalue weighted by Crippen LogP contribution is 2.28. The lowest BCUT2D eigenvalue weighted by Crippen LogP contribution is -2.37. The monoisotopic (exact) mass is 410 g/mol. The van der Waals surface area contributed by atoms with Crippen LogP contribution in [0.3, 0.4) is 0 Å². The summed E-state index contributed by atoms with van der Waals surface area (Å²) in [6.07, 6.45) is 3.44. The van der Waals surface area contributed by atoms with Gasteiger partial charge in [-0.05, 0) is 38.8 Å². The molecule has 2 aliphatic rings. The van der Waals surface area contributed by atoms with Crippen molar-refractivity contribution in [2.24, 2.45) is 0 Å². The molecule has 2 aromatic rings. The minimum absolute atomic E-state index is 0.0816. The van der Waals surface area contributed by atoms with Crippen molar-refractivity contribution in [1.29, 1.82) is 0 Å². The van der Waals surface area contributed by atoms with Crippen LogP contribution in [0.5, 0.6) is 5.75 Å². The van der Waals surface area contributed by atoms with Gasteiger partial charge in [-0.1, -0.05) is 11.2 Å². The molecule has 2 unspecified atom stereocenters. The van der Waals surface area contributed by atoms with Gasteiger partial charge < -0.3 is 24.4 Å². The van der Waals surface area contributed by atoms with Crippen LogP contribution in [0.4, 0.5) is 14.5 Å². The van der Waals surface area contributed by atoms with Crippen molar-refractivity contribution in [2.45, 2.75) is 63.9 Å². The third kappa shape index (κ3) is 5.51. The maximum atomic E-state index is 13.1. The van der Waals surface area contributed by atoms with E-state index in [1.165, 1.54) is 18.3 Å². The van der Waals surface area contributed by atoms with Gasteiger partial charge in [-0.2, -0.15) is 4.39 Å². The second-order valence-corrected chi connectivity index (χ2v) is 7.21. The quantitative estimate of drug-likeness (QED) is 0.803. The number of hydrogen-bond acceptors (Lipinski definition) is 6. The summed E-state index contributed by atoms with van der Waals surface area (Å²) < 4.78 is 41.2. The number of nitrogens with one attached hydrogen (secondary N) is 1. The van der Waals surface area contributed by atoms with Crippen LogP contribution in [0.25, 0.3) is 0 Å². The van der Waals surface area contributed by atoms with Crippen molar-refractivity contribution in [3.63, 3.8) is 0 Å². The van der Waals surface area contributed by atoms with E-state index in [2.05, 4.69) is 10.5 Å². The molecule has 1 aliphatic heterocycles. The Balaban J connectivity index is 0.000000166. The van der Waals surface area contributed by atoms with E-state index in [-0.39, 0.29) is 36.1 Å². The Morgan fingerprint density at radius 3 is 2.66 bits per heavy atom.